The maximum atomic E-state index is 12.2. The summed E-state index contributed by atoms with van der Waals surface area (Å²) >= 11 is 0. The molecule has 0 saturated carbocycles. The highest BCUT2D eigenvalue weighted by Crippen LogP contribution is 2.30. The van der Waals surface area contributed by atoms with Crippen molar-refractivity contribution in [1.82, 2.24) is 24.8 Å². The monoisotopic (exact) mass is 467 g/mol. The molecule has 0 aliphatic rings. The van der Waals surface area contributed by atoms with Crippen LogP contribution in [0.2, 0.25) is 0 Å². The van der Waals surface area contributed by atoms with Crippen LogP contribution in [0.3, 0.4) is 0 Å². The number of nitrogens with zero attached hydrogens (tertiary/aromatic N) is 5. The first kappa shape index (κ1) is 23.6. The molecule has 0 unspecified atom stereocenters. The Bertz CT molecular complexity index is 1420. The first-order valence-corrected chi connectivity index (χ1v) is 10.9. The SMILES string of the molecule is Cc1cnc(Oc2ccc(Nc3ncnc4ccc(NC(=O)C#CCN(C)C)cc34)cc2C)cn1. The number of nitrogens with one attached hydrogen (secondary N) is 2. The van der Waals surface area contributed by atoms with E-state index in [9.17, 15) is 4.79 Å². The number of ether oxygens (including phenoxy) is 1. The Morgan fingerprint density at radius 3 is 2.57 bits per heavy atom. The molecule has 0 spiro atoms. The van der Waals surface area contributed by atoms with E-state index in [0.29, 0.717) is 29.7 Å². The number of fused-ring (bicyclic) bond motifs is 1. The van der Waals surface area contributed by atoms with Crippen molar-refractivity contribution in [2.24, 2.45) is 0 Å². The molecule has 35 heavy (non-hydrogen) atoms. The van der Waals surface area contributed by atoms with Crippen molar-refractivity contribution in [3.05, 3.63) is 66.4 Å². The molecular formula is C26H25N7O2. The van der Waals surface area contributed by atoms with Gasteiger partial charge in [-0.15, -0.1) is 0 Å². The molecule has 9 heteroatoms. The lowest BCUT2D eigenvalue weighted by atomic mass is 10.1. The highest BCUT2D eigenvalue weighted by atomic mass is 16.5. The Morgan fingerprint density at radius 1 is 1.00 bits per heavy atom. The van der Waals surface area contributed by atoms with Gasteiger partial charge in [0.25, 0.3) is 5.91 Å². The first-order valence-electron chi connectivity index (χ1n) is 10.9. The van der Waals surface area contributed by atoms with E-state index in [2.05, 4.69) is 42.4 Å². The smallest absolute Gasteiger partial charge is 0.300 e. The van der Waals surface area contributed by atoms with E-state index in [4.69, 9.17) is 4.74 Å². The van der Waals surface area contributed by atoms with Crippen molar-refractivity contribution in [3.8, 4) is 23.5 Å². The van der Waals surface area contributed by atoms with Crippen molar-refractivity contribution in [2.45, 2.75) is 13.8 Å². The summed E-state index contributed by atoms with van der Waals surface area (Å²) in [6.07, 6.45) is 4.75. The van der Waals surface area contributed by atoms with Crippen molar-refractivity contribution in [1.29, 1.82) is 0 Å². The molecule has 0 atom stereocenters. The second-order valence-electron chi connectivity index (χ2n) is 8.15. The van der Waals surface area contributed by atoms with Crippen LogP contribution >= 0.6 is 0 Å². The molecule has 0 saturated heterocycles. The number of carbonyl (C=O) groups is 1. The summed E-state index contributed by atoms with van der Waals surface area (Å²) in [6.45, 7) is 4.33. The summed E-state index contributed by atoms with van der Waals surface area (Å²) in [7, 11) is 3.79. The number of hydrogen-bond donors (Lipinski definition) is 2. The van der Waals surface area contributed by atoms with E-state index in [-0.39, 0.29) is 5.91 Å². The fraction of sp³-hybridized carbons (Fsp3) is 0.192. The summed E-state index contributed by atoms with van der Waals surface area (Å²) in [4.78, 5) is 31.2. The molecule has 2 N–H and O–H groups in total. The fourth-order valence-electron chi connectivity index (χ4n) is 3.20. The standard InChI is InChI=1S/C26H25N7O2/c1-17-12-19(8-10-23(17)35-25-15-27-18(2)14-28-25)32-26-21-13-20(7-9-22(21)29-16-30-26)31-24(34)6-5-11-33(3)4/h7-10,12-16H,11H2,1-4H3,(H,31,34)(H,29,30,32). The van der Waals surface area contributed by atoms with E-state index in [1.807, 2.05) is 63.2 Å². The largest absolute Gasteiger partial charge is 0.437 e. The average molecular weight is 468 g/mol. The van der Waals surface area contributed by atoms with Gasteiger partial charge in [-0.05, 0) is 75.8 Å². The zero-order chi connectivity index (χ0) is 24.8. The van der Waals surface area contributed by atoms with Crippen LogP contribution in [0.1, 0.15) is 11.3 Å². The molecule has 4 aromatic rings. The van der Waals surface area contributed by atoms with Gasteiger partial charge in [0.1, 0.15) is 17.9 Å². The van der Waals surface area contributed by atoms with Crippen LogP contribution in [0.25, 0.3) is 10.9 Å². The van der Waals surface area contributed by atoms with Crippen LogP contribution in [0.5, 0.6) is 11.6 Å². The predicted octanol–water partition coefficient (Wildman–Crippen LogP) is 4.08. The lowest BCUT2D eigenvalue weighted by Crippen LogP contribution is -2.13. The zero-order valence-electron chi connectivity index (χ0n) is 20.0. The van der Waals surface area contributed by atoms with Crippen LogP contribution < -0.4 is 15.4 Å². The number of amides is 1. The van der Waals surface area contributed by atoms with Gasteiger partial charge < -0.3 is 15.4 Å². The Kier molecular flexibility index (Phi) is 7.14. The Morgan fingerprint density at radius 2 is 1.83 bits per heavy atom. The Labute approximate surface area is 203 Å². The van der Waals surface area contributed by atoms with E-state index in [1.165, 1.54) is 6.33 Å². The molecule has 2 heterocycles. The summed E-state index contributed by atoms with van der Waals surface area (Å²) < 4.78 is 5.85. The van der Waals surface area contributed by atoms with E-state index >= 15 is 0 Å². The first-order chi connectivity index (χ1) is 16.9. The minimum atomic E-state index is -0.373. The molecule has 176 valence electrons. The quantitative estimate of drug-likeness (QED) is 0.409. The van der Waals surface area contributed by atoms with Crippen molar-refractivity contribution in [3.63, 3.8) is 0 Å². The van der Waals surface area contributed by atoms with E-state index in [0.717, 1.165) is 27.8 Å². The van der Waals surface area contributed by atoms with Crippen LogP contribution in [0.15, 0.2) is 55.1 Å². The molecule has 0 fully saturated rings. The number of aryl methyl sites for hydroxylation is 2. The molecule has 0 aliphatic carbocycles. The lowest BCUT2D eigenvalue weighted by molar-refractivity contribution is -0.111. The second-order valence-corrected chi connectivity index (χ2v) is 8.15. The fourth-order valence-corrected chi connectivity index (χ4v) is 3.20. The van der Waals surface area contributed by atoms with Gasteiger partial charge in [-0.25, -0.2) is 15.0 Å². The third kappa shape index (κ3) is 6.28. The van der Waals surface area contributed by atoms with Crippen LogP contribution in [-0.2, 0) is 4.79 Å². The maximum Gasteiger partial charge on any atom is 0.300 e. The molecule has 1 amide bonds. The second kappa shape index (κ2) is 10.6. The van der Waals surface area contributed by atoms with Gasteiger partial charge in [-0.1, -0.05) is 5.92 Å². The zero-order valence-corrected chi connectivity index (χ0v) is 20.0. The van der Waals surface area contributed by atoms with Gasteiger partial charge in [-0.2, -0.15) is 0 Å². The topological polar surface area (TPSA) is 105 Å². The normalized spacial score (nSPS) is 10.5. The minimum absolute atomic E-state index is 0.373. The summed E-state index contributed by atoms with van der Waals surface area (Å²) in [5, 5.41) is 6.90. The number of benzene rings is 2. The third-order valence-corrected chi connectivity index (χ3v) is 4.90. The van der Waals surface area contributed by atoms with Gasteiger partial charge in [0, 0.05) is 16.8 Å². The van der Waals surface area contributed by atoms with Gasteiger partial charge in [0.2, 0.25) is 5.88 Å². The highest BCUT2D eigenvalue weighted by molar-refractivity contribution is 6.05. The van der Waals surface area contributed by atoms with E-state index in [1.54, 1.807) is 18.5 Å². The molecule has 0 bridgehead atoms. The maximum absolute atomic E-state index is 12.2. The van der Waals surface area contributed by atoms with Crippen molar-refractivity contribution >= 4 is 34.0 Å². The average Bonchev–Trinajstić information content (AvgIpc) is 2.82. The summed E-state index contributed by atoms with van der Waals surface area (Å²) in [5.41, 5.74) is 3.92. The summed E-state index contributed by atoms with van der Waals surface area (Å²) in [5.74, 6) is 6.77. The van der Waals surface area contributed by atoms with Gasteiger partial charge in [0.15, 0.2) is 0 Å². The van der Waals surface area contributed by atoms with Crippen molar-refractivity contribution in [2.75, 3.05) is 31.3 Å². The Balaban J connectivity index is 1.52. The van der Waals surface area contributed by atoms with Gasteiger partial charge in [-0.3, -0.25) is 14.7 Å². The minimum Gasteiger partial charge on any atom is -0.437 e. The Hall–Kier alpha value is -4.55. The number of anilines is 3. The van der Waals surface area contributed by atoms with Gasteiger partial charge in [0.05, 0.1) is 30.1 Å². The molecule has 4 rings (SSSR count). The van der Waals surface area contributed by atoms with Crippen molar-refractivity contribution < 1.29 is 9.53 Å². The van der Waals surface area contributed by atoms with Crippen LogP contribution in [-0.4, -0.2) is 51.4 Å². The van der Waals surface area contributed by atoms with Crippen LogP contribution in [0.4, 0.5) is 17.2 Å². The third-order valence-electron chi connectivity index (χ3n) is 4.90. The molecule has 0 aliphatic heterocycles. The molecular weight excluding hydrogens is 442 g/mol. The van der Waals surface area contributed by atoms with E-state index < -0.39 is 0 Å². The molecule has 2 aromatic heterocycles. The highest BCUT2D eigenvalue weighted by Gasteiger charge is 2.09. The molecule has 0 radical (unpaired) electrons. The number of carbonyl (C=O) groups excluding carboxylic acids is 1. The lowest BCUT2D eigenvalue weighted by Gasteiger charge is -2.12. The summed E-state index contributed by atoms with van der Waals surface area (Å²) in [6, 6.07) is 11.1. The number of rotatable bonds is 6. The molecule has 9 nitrogen and oxygen atoms in total. The molecule has 2 aromatic carbocycles. The predicted molar refractivity (Wildman–Crippen MR) is 136 cm³/mol. The van der Waals surface area contributed by atoms with Crippen LogP contribution in [0, 0.1) is 25.7 Å². The number of aromatic nitrogens is 4. The van der Waals surface area contributed by atoms with Gasteiger partial charge >= 0.3 is 0 Å². The number of hydrogen-bond acceptors (Lipinski definition) is 8.